The van der Waals surface area contributed by atoms with Gasteiger partial charge in [0.05, 0.1) is 17.7 Å². The fourth-order valence-electron chi connectivity index (χ4n) is 3.93. The molecule has 1 atom stereocenters. The third-order valence-electron chi connectivity index (χ3n) is 5.44. The van der Waals surface area contributed by atoms with E-state index in [2.05, 4.69) is 36.4 Å². The van der Waals surface area contributed by atoms with Crippen LogP contribution in [-0.2, 0) is 17.8 Å². The van der Waals surface area contributed by atoms with Crippen LogP contribution in [0.3, 0.4) is 0 Å². The molecule has 3 heterocycles. The molecule has 0 fully saturated rings. The van der Waals surface area contributed by atoms with Crippen LogP contribution in [0.15, 0.2) is 59.2 Å². The summed E-state index contributed by atoms with van der Waals surface area (Å²) in [4.78, 5) is 30.5. The van der Waals surface area contributed by atoms with Crippen molar-refractivity contribution in [3.05, 3.63) is 76.4 Å². The summed E-state index contributed by atoms with van der Waals surface area (Å²) in [5.41, 5.74) is 2.81. The van der Waals surface area contributed by atoms with Crippen LogP contribution in [0.2, 0.25) is 0 Å². The second kappa shape index (κ2) is 7.66. The van der Waals surface area contributed by atoms with E-state index in [9.17, 15) is 9.59 Å². The Morgan fingerprint density at radius 2 is 2.03 bits per heavy atom. The summed E-state index contributed by atoms with van der Waals surface area (Å²) in [6.07, 6.45) is 2.47. The van der Waals surface area contributed by atoms with Crippen molar-refractivity contribution >= 4 is 44.3 Å². The number of carbonyl (C=O) groups is 2. The van der Waals surface area contributed by atoms with Crippen LogP contribution in [-0.4, -0.2) is 44.7 Å². The zero-order chi connectivity index (χ0) is 21.5. The Hall–Kier alpha value is -3.46. The van der Waals surface area contributed by atoms with Gasteiger partial charge in [0, 0.05) is 29.5 Å². The number of benzene rings is 2. The fraction of sp³-hybridized carbons (Fsp3) is 0.182. The van der Waals surface area contributed by atoms with Crippen LogP contribution in [0.5, 0.6) is 0 Å². The molecule has 0 radical (unpaired) electrons. The van der Waals surface area contributed by atoms with E-state index in [1.807, 2.05) is 59.3 Å². The molecule has 1 aliphatic heterocycles. The molecule has 1 aliphatic rings. The number of H-pyrrole nitrogens is 1. The average Bonchev–Trinajstić information content (AvgIpc) is 3.37. The van der Waals surface area contributed by atoms with Gasteiger partial charge in [-0.2, -0.15) is 0 Å². The minimum absolute atomic E-state index is 0.0866. The molecule has 5 rings (SSSR count). The quantitative estimate of drug-likeness (QED) is 0.471. The number of amides is 2. The number of carbonyl (C=O) groups excluding carboxylic acids is 2. The van der Waals surface area contributed by atoms with Gasteiger partial charge in [0.15, 0.2) is 0 Å². The molecule has 156 valence electrons. The van der Waals surface area contributed by atoms with Crippen LogP contribution in [0.1, 0.15) is 22.0 Å². The largest absolute Gasteiger partial charge is 0.343 e. The first-order chi connectivity index (χ1) is 15.0. The van der Waals surface area contributed by atoms with E-state index in [1.165, 1.54) is 0 Å². The van der Waals surface area contributed by atoms with Crippen molar-refractivity contribution in [2.45, 2.75) is 19.0 Å². The van der Waals surface area contributed by atoms with Crippen LogP contribution in [0.4, 0.5) is 5.69 Å². The van der Waals surface area contributed by atoms with Crippen LogP contribution < -0.4 is 10.2 Å². The Labute approximate surface area is 186 Å². The molecular formula is C22H19BrN6O2. The normalized spacial score (nSPS) is 15.9. The summed E-state index contributed by atoms with van der Waals surface area (Å²) < 4.78 is 2.88. The number of rotatable bonds is 4. The van der Waals surface area contributed by atoms with Gasteiger partial charge < -0.3 is 19.8 Å². The Morgan fingerprint density at radius 3 is 2.84 bits per heavy atom. The third kappa shape index (κ3) is 3.61. The monoisotopic (exact) mass is 478 g/mol. The first kappa shape index (κ1) is 19.5. The molecule has 2 aromatic carbocycles. The molecule has 8 nitrogen and oxygen atoms in total. The van der Waals surface area contributed by atoms with E-state index in [4.69, 9.17) is 0 Å². The highest BCUT2D eigenvalue weighted by Gasteiger charge is 2.31. The van der Waals surface area contributed by atoms with Gasteiger partial charge in [-0.25, -0.2) is 0 Å². The molecule has 2 N–H and O–H groups in total. The average molecular weight is 479 g/mol. The molecule has 1 unspecified atom stereocenters. The number of likely N-dealkylation sites (N-methyl/N-ethyl adjacent to an activating group) is 1. The smallest absolute Gasteiger partial charge is 0.289 e. The van der Waals surface area contributed by atoms with E-state index in [-0.39, 0.29) is 11.7 Å². The molecule has 0 aliphatic carbocycles. The Balaban J connectivity index is 1.37. The SMILES string of the molecule is CN1C(=O)C(NC(=O)c2nnc(Cc3ccccc3)[nH]2)Cn2ccc3cc(Br)cc1c32. The van der Waals surface area contributed by atoms with Crippen molar-refractivity contribution in [3.8, 4) is 0 Å². The fourth-order valence-corrected chi connectivity index (χ4v) is 4.39. The van der Waals surface area contributed by atoms with Crippen molar-refractivity contribution in [1.29, 1.82) is 0 Å². The highest BCUT2D eigenvalue weighted by atomic mass is 79.9. The summed E-state index contributed by atoms with van der Waals surface area (Å²) in [6, 6.07) is 15.0. The predicted octanol–water partition coefficient (Wildman–Crippen LogP) is 2.89. The number of halogens is 1. The number of nitrogens with one attached hydrogen (secondary N) is 2. The van der Waals surface area contributed by atoms with Crippen molar-refractivity contribution in [1.82, 2.24) is 25.1 Å². The minimum atomic E-state index is -0.734. The third-order valence-corrected chi connectivity index (χ3v) is 5.90. The summed E-state index contributed by atoms with van der Waals surface area (Å²) >= 11 is 3.51. The maximum atomic E-state index is 13.1. The van der Waals surface area contributed by atoms with Gasteiger partial charge >= 0.3 is 0 Å². The lowest BCUT2D eigenvalue weighted by Gasteiger charge is -2.21. The summed E-state index contributed by atoms with van der Waals surface area (Å²) in [5, 5.41) is 11.9. The predicted molar refractivity (Wildman–Crippen MR) is 120 cm³/mol. The van der Waals surface area contributed by atoms with Gasteiger partial charge in [-0.15, -0.1) is 10.2 Å². The molecule has 4 aromatic rings. The first-order valence-electron chi connectivity index (χ1n) is 9.82. The molecule has 31 heavy (non-hydrogen) atoms. The van der Waals surface area contributed by atoms with Crippen molar-refractivity contribution in [2.24, 2.45) is 0 Å². The van der Waals surface area contributed by atoms with E-state index >= 15 is 0 Å². The lowest BCUT2D eigenvalue weighted by atomic mass is 10.1. The molecule has 2 amide bonds. The van der Waals surface area contributed by atoms with Gasteiger partial charge in [-0.1, -0.05) is 46.3 Å². The summed E-state index contributed by atoms with van der Waals surface area (Å²) in [6.45, 7) is 0.331. The van der Waals surface area contributed by atoms with Crippen LogP contribution >= 0.6 is 15.9 Å². The molecule has 0 saturated carbocycles. The van der Waals surface area contributed by atoms with E-state index < -0.39 is 11.9 Å². The highest BCUT2D eigenvalue weighted by Crippen LogP contribution is 2.33. The molecule has 9 heteroatoms. The number of nitrogens with zero attached hydrogens (tertiary/aromatic N) is 4. The Bertz CT molecular complexity index is 1300. The second-order valence-electron chi connectivity index (χ2n) is 7.54. The highest BCUT2D eigenvalue weighted by molar-refractivity contribution is 9.10. The van der Waals surface area contributed by atoms with E-state index in [0.29, 0.717) is 18.8 Å². The number of aromatic nitrogens is 4. The van der Waals surface area contributed by atoms with Gasteiger partial charge in [0.2, 0.25) is 5.82 Å². The molecule has 0 spiro atoms. The molecule has 0 bridgehead atoms. The van der Waals surface area contributed by atoms with Gasteiger partial charge in [-0.3, -0.25) is 9.59 Å². The van der Waals surface area contributed by atoms with Gasteiger partial charge in [0.1, 0.15) is 11.9 Å². The van der Waals surface area contributed by atoms with Crippen molar-refractivity contribution < 1.29 is 9.59 Å². The standard InChI is InChI=1S/C22H19BrN6O2/c1-28-17-11-15(23)10-14-7-8-29(19(14)17)12-16(22(28)31)24-21(30)20-25-18(26-27-20)9-13-5-3-2-4-6-13/h2-8,10-11,16H,9,12H2,1H3,(H,24,30)(H,25,26,27). The van der Waals surface area contributed by atoms with Gasteiger partial charge in [-0.05, 0) is 23.8 Å². The number of anilines is 1. The summed E-state index contributed by atoms with van der Waals surface area (Å²) in [7, 11) is 1.72. The van der Waals surface area contributed by atoms with Crippen LogP contribution in [0, 0.1) is 0 Å². The lowest BCUT2D eigenvalue weighted by molar-refractivity contribution is -0.120. The first-order valence-corrected chi connectivity index (χ1v) is 10.6. The van der Waals surface area contributed by atoms with Crippen LogP contribution in [0.25, 0.3) is 10.9 Å². The number of hydrogen-bond donors (Lipinski definition) is 2. The molecule has 0 saturated heterocycles. The zero-order valence-electron chi connectivity index (χ0n) is 16.7. The van der Waals surface area contributed by atoms with Crippen molar-refractivity contribution in [3.63, 3.8) is 0 Å². The van der Waals surface area contributed by atoms with E-state index in [1.54, 1.807) is 11.9 Å². The molecular weight excluding hydrogens is 460 g/mol. The number of hydrogen-bond acceptors (Lipinski definition) is 4. The number of aromatic amines is 1. The minimum Gasteiger partial charge on any atom is -0.343 e. The second-order valence-corrected chi connectivity index (χ2v) is 8.45. The maximum Gasteiger partial charge on any atom is 0.289 e. The maximum absolute atomic E-state index is 13.1. The Morgan fingerprint density at radius 1 is 1.23 bits per heavy atom. The van der Waals surface area contributed by atoms with Crippen molar-refractivity contribution in [2.75, 3.05) is 11.9 Å². The zero-order valence-corrected chi connectivity index (χ0v) is 18.3. The topological polar surface area (TPSA) is 95.9 Å². The Kier molecular flexibility index (Phi) is 4.82. The lowest BCUT2D eigenvalue weighted by Crippen LogP contribution is -2.48. The van der Waals surface area contributed by atoms with E-state index in [0.717, 1.165) is 26.6 Å². The molecule has 2 aromatic heterocycles. The summed E-state index contributed by atoms with van der Waals surface area (Å²) in [5.74, 6) is 0.0168. The van der Waals surface area contributed by atoms with Gasteiger partial charge in [0.25, 0.3) is 11.8 Å².